The fourth-order valence-electron chi connectivity index (χ4n) is 3.22. The van der Waals surface area contributed by atoms with Crippen molar-refractivity contribution < 1.29 is 18.4 Å². The van der Waals surface area contributed by atoms with E-state index >= 15 is 0 Å². The monoisotopic (exact) mass is 344 g/mol. The molecule has 2 aromatic carbocycles. The molecule has 1 unspecified atom stereocenters. The Morgan fingerprint density at radius 1 is 1.16 bits per heavy atom. The molecule has 0 radical (unpaired) electrons. The fourth-order valence-corrected chi connectivity index (χ4v) is 3.22. The summed E-state index contributed by atoms with van der Waals surface area (Å²) in [5.74, 6) is -2.40. The molecule has 0 aromatic heterocycles. The van der Waals surface area contributed by atoms with Crippen LogP contribution in [0.3, 0.4) is 0 Å². The van der Waals surface area contributed by atoms with Gasteiger partial charge in [-0.05, 0) is 54.7 Å². The summed E-state index contributed by atoms with van der Waals surface area (Å²) in [4.78, 5) is 23.5. The van der Waals surface area contributed by atoms with E-state index in [4.69, 9.17) is 5.73 Å². The van der Waals surface area contributed by atoms with Crippen molar-refractivity contribution in [2.45, 2.75) is 31.7 Å². The highest BCUT2D eigenvalue weighted by atomic mass is 19.1. The minimum Gasteiger partial charge on any atom is -0.366 e. The standard InChI is InChI=1S/C19H18F2N2O2/c20-15-4-2-5-16(21)14(15)10-18(24)23-17-6-1-3-11-9-12(19(22)25)7-8-13(11)17/h2,4-5,7-9,17H,1,3,6,10H2,(H2,22,25)(H,23,24). The molecule has 130 valence electrons. The molecule has 25 heavy (non-hydrogen) atoms. The van der Waals surface area contributed by atoms with E-state index in [-0.39, 0.29) is 18.0 Å². The van der Waals surface area contributed by atoms with Gasteiger partial charge < -0.3 is 11.1 Å². The zero-order valence-corrected chi connectivity index (χ0v) is 13.5. The Morgan fingerprint density at radius 3 is 2.56 bits per heavy atom. The SMILES string of the molecule is NC(=O)c1ccc2c(c1)CCCC2NC(=O)Cc1c(F)cccc1F. The molecule has 2 amide bonds. The quantitative estimate of drug-likeness (QED) is 0.895. The third-order valence-electron chi connectivity index (χ3n) is 4.48. The van der Waals surface area contributed by atoms with Crippen LogP contribution in [0.1, 0.15) is 45.9 Å². The van der Waals surface area contributed by atoms with Gasteiger partial charge in [-0.25, -0.2) is 8.78 Å². The van der Waals surface area contributed by atoms with Crippen molar-refractivity contribution in [3.8, 4) is 0 Å². The molecule has 0 bridgehead atoms. The van der Waals surface area contributed by atoms with Crippen LogP contribution in [-0.2, 0) is 17.6 Å². The maximum absolute atomic E-state index is 13.7. The maximum Gasteiger partial charge on any atom is 0.248 e. The third-order valence-corrected chi connectivity index (χ3v) is 4.48. The van der Waals surface area contributed by atoms with Gasteiger partial charge in [-0.3, -0.25) is 9.59 Å². The van der Waals surface area contributed by atoms with E-state index in [1.807, 2.05) is 0 Å². The Balaban J connectivity index is 1.76. The third kappa shape index (κ3) is 3.68. The first-order valence-corrected chi connectivity index (χ1v) is 8.10. The molecule has 3 rings (SSSR count). The lowest BCUT2D eigenvalue weighted by atomic mass is 9.86. The van der Waals surface area contributed by atoms with Crippen molar-refractivity contribution in [1.29, 1.82) is 0 Å². The zero-order valence-electron chi connectivity index (χ0n) is 13.5. The average Bonchev–Trinajstić information content (AvgIpc) is 2.58. The number of carbonyl (C=O) groups excluding carboxylic acids is 2. The zero-order chi connectivity index (χ0) is 18.0. The highest BCUT2D eigenvalue weighted by Gasteiger charge is 2.23. The number of nitrogens with two attached hydrogens (primary N) is 1. The summed E-state index contributed by atoms with van der Waals surface area (Å²) in [6.45, 7) is 0. The fraction of sp³-hybridized carbons (Fsp3) is 0.263. The summed E-state index contributed by atoms with van der Waals surface area (Å²) < 4.78 is 27.4. The lowest BCUT2D eigenvalue weighted by Crippen LogP contribution is -2.32. The van der Waals surface area contributed by atoms with Crippen LogP contribution in [0, 0.1) is 11.6 Å². The summed E-state index contributed by atoms with van der Waals surface area (Å²) in [5.41, 5.74) is 7.37. The van der Waals surface area contributed by atoms with E-state index in [0.29, 0.717) is 5.56 Å². The van der Waals surface area contributed by atoms with Crippen LogP contribution in [-0.4, -0.2) is 11.8 Å². The van der Waals surface area contributed by atoms with Gasteiger partial charge in [0.1, 0.15) is 11.6 Å². The smallest absolute Gasteiger partial charge is 0.248 e. The lowest BCUT2D eigenvalue weighted by molar-refractivity contribution is -0.121. The minimum absolute atomic E-state index is 0.236. The van der Waals surface area contributed by atoms with Crippen molar-refractivity contribution in [3.63, 3.8) is 0 Å². The number of aryl methyl sites for hydroxylation is 1. The number of rotatable bonds is 4. The van der Waals surface area contributed by atoms with Crippen molar-refractivity contribution >= 4 is 11.8 Å². The summed E-state index contributed by atoms with van der Waals surface area (Å²) in [7, 11) is 0. The van der Waals surface area contributed by atoms with Crippen molar-refractivity contribution in [2.75, 3.05) is 0 Å². The molecule has 0 spiro atoms. The number of benzene rings is 2. The maximum atomic E-state index is 13.7. The van der Waals surface area contributed by atoms with Crippen LogP contribution in [0.15, 0.2) is 36.4 Å². The highest BCUT2D eigenvalue weighted by Crippen LogP contribution is 2.30. The number of nitrogens with one attached hydrogen (secondary N) is 1. The van der Waals surface area contributed by atoms with Crippen LogP contribution in [0.25, 0.3) is 0 Å². The van der Waals surface area contributed by atoms with Gasteiger partial charge in [0.05, 0.1) is 12.5 Å². The van der Waals surface area contributed by atoms with Crippen LogP contribution in [0.2, 0.25) is 0 Å². The number of primary amides is 1. The molecule has 1 aliphatic carbocycles. The Hall–Kier alpha value is -2.76. The van der Waals surface area contributed by atoms with Crippen LogP contribution in [0.5, 0.6) is 0 Å². The van der Waals surface area contributed by atoms with Crippen molar-refractivity contribution in [1.82, 2.24) is 5.32 Å². The molecular weight excluding hydrogens is 326 g/mol. The average molecular weight is 344 g/mol. The number of amides is 2. The Morgan fingerprint density at radius 2 is 1.88 bits per heavy atom. The Bertz CT molecular complexity index is 816. The second-order valence-electron chi connectivity index (χ2n) is 6.17. The molecule has 0 saturated heterocycles. The van der Waals surface area contributed by atoms with E-state index in [0.717, 1.165) is 42.5 Å². The van der Waals surface area contributed by atoms with E-state index in [1.165, 1.54) is 6.07 Å². The molecule has 4 nitrogen and oxygen atoms in total. The summed E-state index contributed by atoms with van der Waals surface area (Å²) in [6.07, 6.45) is 2.01. The molecule has 0 aliphatic heterocycles. The molecule has 2 aromatic rings. The highest BCUT2D eigenvalue weighted by molar-refractivity contribution is 5.93. The molecular formula is C19H18F2N2O2. The van der Waals surface area contributed by atoms with Gasteiger partial charge in [0.15, 0.2) is 0 Å². The molecule has 1 atom stereocenters. The minimum atomic E-state index is -0.731. The normalized spacial score (nSPS) is 16.2. The van der Waals surface area contributed by atoms with Crippen molar-refractivity contribution in [2.24, 2.45) is 5.73 Å². The van der Waals surface area contributed by atoms with E-state index in [2.05, 4.69) is 5.32 Å². The number of hydrogen-bond donors (Lipinski definition) is 2. The molecule has 0 heterocycles. The molecule has 3 N–H and O–H groups in total. The van der Waals surface area contributed by atoms with Gasteiger partial charge in [-0.1, -0.05) is 12.1 Å². The van der Waals surface area contributed by atoms with Crippen LogP contribution in [0.4, 0.5) is 8.78 Å². The number of halogens is 2. The van der Waals surface area contributed by atoms with Gasteiger partial charge in [-0.2, -0.15) is 0 Å². The van der Waals surface area contributed by atoms with Gasteiger partial charge in [-0.15, -0.1) is 0 Å². The predicted octanol–water partition coefficient (Wildman–Crippen LogP) is 2.80. The molecule has 1 aliphatic rings. The van der Waals surface area contributed by atoms with Gasteiger partial charge >= 0.3 is 0 Å². The topological polar surface area (TPSA) is 72.2 Å². The van der Waals surface area contributed by atoms with Crippen molar-refractivity contribution in [3.05, 3.63) is 70.3 Å². The number of carbonyl (C=O) groups is 2. The number of fused-ring (bicyclic) bond motifs is 1. The van der Waals surface area contributed by atoms with Crippen LogP contribution >= 0.6 is 0 Å². The van der Waals surface area contributed by atoms with Crippen LogP contribution < -0.4 is 11.1 Å². The first kappa shape index (κ1) is 17.1. The predicted molar refractivity (Wildman–Crippen MR) is 88.8 cm³/mol. The summed E-state index contributed by atoms with van der Waals surface area (Å²) >= 11 is 0. The van der Waals surface area contributed by atoms with Gasteiger partial charge in [0.2, 0.25) is 11.8 Å². The Kier molecular flexibility index (Phi) is 4.79. The second kappa shape index (κ2) is 7.01. The van der Waals surface area contributed by atoms with Gasteiger partial charge in [0, 0.05) is 11.1 Å². The lowest BCUT2D eigenvalue weighted by Gasteiger charge is -2.27. The van der Waals surface area contributed by atoms with E-state index in [9.17, 15) is 18.4 Å². The first-order valence-electron chi connectivity index (χ1n) is 8.10. The second-order valence-corrected chi connectivity index (χ2v) is 6.17. The Labute approximate surface area is 144 Å². The summed E-state index contributed by atoms with van der Waals surface area (Å²) in [5, 5.41) is 2.84. The first-order chi connectivity index (χ1) is 12.0. The number of hydrogen-bond acceptors (Lipinski definition) is 2. The van der Waals surface area contributed by atoms with E-state index in [1.54, 1.807) is 18.2 Å². The van der Waals surface area contributed by atoms with Gasteiger partial charge in [0.25, 0.3) is 0 Å². The molecule has 6 heteroatoms. The molecule has 0 fully saturated rings. The summed E-state index contributed by atoms with van der Waals surface area (Å²) in [6, 6.07) is 8.44. The molecule has 0 saturated carbocycles. The van der Waals surface area contributed by atoms with E-state index < -0.39 is 23.4 Å². The largest absolute Gasteiger partial charge is 0.366 e.